The number of hydrogen-bond donors (Lipinski definition) is 1. The van der Waals surface area contributed by atoms with Crippen molar-refractivity contribution in [3.63, 3.8) is 0 Å². The molecule has 0 spiro atoms. The normalized spacial score (nSPS) is 15.8. The summed E-state index contributed by atoms with van der Waals surface area (Å²) in [4.78, 5) is 61.6. The summed E-state index contributed by atoms with van der Waals surface area (Å²) >= 11 is 0. The van der Waals surface area contributed by atoms with Gasteiger partial charge in [0, 0.05) is 17.7 Å². The van der Waals surface area contributed by atoms with E-state index in [1.807, 2.05) is 0 Å². The predicted octanol–water partition coefficient (Wildman–Crippen LogP) is 0.756. The number of urea groups is 1. The Morgan fingerprint density at radius 1 is 1.11 bits per heavy atom. The second-order valence-electron chi connectivity index (χ2n) is 6.30. The Morgan fingerprint density at radius 3 is 2.30 bits per heavy atom. The van der Waals surface area contributed by atoms with Crippen molar-refractivity contribution < 1.29 is 33.4 Å². The number of carbonyl (C=O) groups is 5. The fourth-order valence-corrected chi connectivity index (χ4v) is 2.79. The highest BCUT2D eigenvalue weighted by Gasteiger charge is 2.46. The molecule has 1 aromatic rings. The maximum atomic E-state index is 12.3. The lowest BCUT2D eigenvalue weighted by Crippen LogP contribution is -2.40. The minimum Gasteiger partial charge on any atom is -0.454 e. The highest BCUT2D eigenvalue weighted by molar-refractivity contribution is 6.45. The number of anilines is 1. The van der Waals surface area contributed by atoms with E-state index in [0.29, 0.717) is 16.4 Å². The van der Waals surface area contributed by atoms with Crippen molar-refractivity contribution in [2.75, 3.05) is 18.7 Å². The number of amides is 5. The van der Waals surface area contributed by atoms with E-state index >= 15 is 0 Å². The van der Waals surface area contributed by atoms with Crippen LogP contribution in [0.25, 0.3) is 0 Å². The zero-order valence-electron chi connectivity index (χ0n) is 14.9. The van der Waals surface area contributed by atoms with Crippen LogP contribution in [0.4, 0.5) is 10.5 Å². The number of rotatable bonds is 5. The number of nitrogens with zero attached hydrogens (tertiary/aromatic N) is 2. The molecule has 1 saturated heterocycles. The molecule has 0 aromatic heterocycles. The van der Waals surface area contributed by atoms with Gasteiger partial charge in [-0.3, -0.25) is 24.1 Å². The van der Waals surface area contributed by atoms with Gasteiger partial charge in [0.25, 0.3) is 0 Å². The summed E-state index contributed by atoms with van der Waals surface area (Å²) in [5.41, 5.74) is 0.342. The van der Waals surface area contributed by atoms with E-state index in [0.717, 1.165) is 4.90 Å². The Morgan fingerprint density at radius 2 is 1.74 bits per heavy atom. The molecule has 5 amide bonds. The van der Waals surface area contributed by atoms with Crippen LogP contribution in [-0.2, 0) is 14.4 Å². The van der Waals surface area contributed by atoms with Crippen LogP contribution in [0, 0.1) is 0 Å². The van der Waals surface area contributed by atoms with E-state index in [2.05, 4.69) is 5.32 Å². The minimum absolute atomic E-state index is 0.00594. The van der Waals surface area contributed by atoms with E-state index in [1.165, 1.54) is 19.1 Å². The lowest BCUT2D eigenvalue weighted by atomic mass is 10.1. The quantitative estimate of drug-likeness (QED) is 0.458. The lowest BCUT2D eigenvalue weighted by Gasteiger charge is -2.18. The van der Waals surface area contributed by atoms with Crippen LogP contribution in [0.5, 0.6) is 11.5 Å². The molecule has 0 bridgehead atoms. The molecular weight excluding hydrogens is 358 g/mol. The third kappa shape index (κ3) is 3.21. The van der Waals surface area contributed by atoms with E-state index in [1.54, 1.807) is 13.8 Å². The van der Waals surface area contributed by atoms with Crippen molar-refractivity contribution in [2.24, 2.45) is 0 Å². The fourth-order valence-electron chi connectivity index (χ4n) is 2.79. The number of ketones is 1. The standard InChI is InChI=1S/C17H17N3O7/c1-8(2)20-16(24)15(23)19(17(20)25)6-14(22)18-11-5-13-12(26-7-27-13)4-10(11)9(3)21/h4-5,8H,6-7H2,1-3H3,(H,18,22). The molecule has 0 unspecified atom stereocenters. The molecule has 2 aliphatic heterocycles. The fraction of sp³-hybridized carbons (Fsp3) is 0.353. The minimum atomic E-state index is -1.07. The van der Waals surface area contributed by atoms with Gasteiger partial charge >= 0.3 is 17.8 Å². The summed E-state index contributed by atoms with van der Waals surface area (Å²) in [6.07, 6.45) is 0. The largest absolute Gasteiger partial charge is 0.454 e. The Labute approximate surface area is 154 Å². The molecule has 27 heavy (non-hydrogen) atoms. The second-order valence-corrected chi connectivity index (χ2v) is 6.30. The molecule has 2 aliphatic rings. The third-order valence-corrected chi connectivity index (χ3v) is 4.07. The van der Waals surface area contributed by atoms with Crippen LogP contribution >= 0.6 is 0 Å². The molecule has 3 rings (SSSR count). The number of fused-ring (bicyclic) bond motifs is 1. The van der Waals surface area contributed by atoms with Gasteiger partial charge in [-0.2, -0.15) is 0 Å². The molecule has 142 valence electrons. The summed E-state index contributed by atoms with van der Waals surface area (Å²) in [5, 5.41) is 2.48. The Bertz CT molecular complexity index is 878. The first-order chi connectivity index (χ1) is 12.7. The maximum absolute atomic E-state index is 12.3. The summed E-state index contributed by atoms with van der Waals surface area (Å²) in [5.74, 6) is -2.38. The first-order valence-electron chi connectivity index (χ1n) is 8.14. The molecule has 10 heteroatoms. The van der Waals surface area contributed by atoms with E-state index < -0.39 is 36.3 Å². The van der Waals surface area contributed by atoms with Crippen molar-refractivity contribution in [1.29, 1.82) is 0 Å². The van der Waals surface area contributed by atoms with E-state index in [9.17, 15) is 24.0 Å². The van der Waals surface area contributed by atoms with Gasteiger partial charge in [0.1, 0.15) is 6.54 Å². The topological polar surface area (TPSA) is 122 Å². The zero-order valence-corrected chi connectivity index (χ0v) is 14.9. The number of ether oxygens (including phenoxy) is 2. The van der Waals surface area contributed by atoms with Gasteiger partial charge in [-0.1, -0.05) is 0 Å². The van der Waals surface area contributed by atoms with Crippen molar-refractivity contribution in [3.05, 3.63) is 17.7 Å². The SMILES string of the molecule is CC(=O)c1cc2c(cc1NC(=O)CN1C(=O)C(=O)N(C(C)C)C1=O)OCO2. The number of imide groups is 2. The van der Waals surface area contributed by atoms with Gasteiger partial charge in [-0.05, 0) is 26.8 Å². The summed E-state index contributed by atoms with van der Waals surface area (Å²) in [6, 6.07) is 1.50. The predicted molar refractivity (Wildman–Crippen MR) is 90.3 cm³/mol. The molecule has 0 aliphatic carbocycles. The summed E-state index contributed by atoms with van der Waals surface area (Å²) in [6.45, 7) is 3.82. The summed E-state index contributed by atoms with van der Waals surface area (Å²) < 4.78 is 10.4. The van der Waals surface area contributed by atoms with Crippen molar-refractivity contribution in [2.45, 2.75) is 26.8 Å². The Kier molecular flexibility index (Phi) is 4.56. The Balaban J connectivity index is 1.79. The van der Waals surface area contributed by atoms with Crippen LogP contribution in [-0.4, -0.2) is 58.7 Å². The van der Waals surface area contributed by atoms with Gasteiger partial charge < -0.3 is 14.8 Å². The first kappa shape index (κ1) is 18.4. The maximum Gasteiger partial charge on any atom is 0.334 e. The van der Waals surface area contributed by atoms with Gasteiger partial charge in [0.2, 0.25) is 12.7 Å². The van der Waals surface area contributed by atoms with E-state index in [-0.39, 0.29) is 23.8 Å². The molecule has 10 nitrogen and oxygen atoms in total. The monoisotopic (exact) mass is 375 g/mol. The first-order valence-corrected chi connectivity index (χ1v) is 8.14. The number of hydrogen-bond acceptors (Lipinski definition) is 7. The van der Waals surface area contributed by atoms with Crippen LogP contribution in [0.15, 0.2) is 12.1 Å². The number of benzene rings is 1. The molecule has 0 atom stereocenters. The van der Waals surface area contributed by atoms with Crippen molar-refractivity contribution >= 4 is 35.2 Å². The number of carbonyl (C=O) groups excluding carboxylic acids is 5. The highest BCUT2D eigenvalue weighted by atomic mass is 16.7. The summed E-state index contributed by atoms with van der Waals surface area (Å²) in [7, 11) is 0. The van der Waals surface area contributed by atoms with Crippen LogP contribution in [0.1, 0.15) is 31.1 Å². The molecule has 1 aromatic carbocycles. The average molecular weight is 375 g/mol. The number of nitrogens with one attached hydrogen (secondary N) is 1. The van der Waals surface area contributed by atoms with Gasteiger partial charge in [-0.15, -0.1) is 0 Å². The van der Waals surface area contributed by atoms with Crippen LogP contribution in [0.3, 0.4) is 0 Å². The van der Waals surface area contributed by atoms with Gasteiger partial charge in [-0.25, -0.2) is 9.69 Å². The molecule has 0 radical (unpaired) electrons. The molecular formula is C17H17N3O7. The van der Waals surface area contributed by atoms with Crippen molar-refractivity contribution in [3.8, 4) is 11.5 Å². The highest BCUT2D eigenvalue weighted by Crippen LogP contribution is 2.37. The third-order valence-electron chi connectivity index (χ3n) is 4.07. The van der Waals surface area contributed by atoms with Crippen LogP contribution in [0.2, 0.25) is 0 Å². The second kappa shape index (κ2) is 6.71. The van der Waals surface area contributed by atoms with Gasteiger partial charge in [0.05, 0.1) is 5.69 Å². The zero-order chi connectivity index (χ0) is 19.9. The Hall–Kier alpha value is -3.43. The average Bonchev–Trinajstić information content (AvgIpc) is 3.12. The van der Waals surface area contributed by atoms with Crippen LogP contribution < -0.4 is 14.8 Å². The lowest BCUT2D eigenvalue weighted by molar-refractivity contribution is -0.144. The molecule has 1 fully saturated rings. The molecule has 0 saturated carbocycles. The number of Topliss-reactive ketones (excluding diaryl/α,β-unsaturated/α-hetero) is 1. The molecule has 2 heterocycles. The van der Waals surface area contributed by atoms with E-state index in [4.69, 9.17) is 9.47 Å². The van der Waals surface area contributed by atoms with Crippen molar-refractivity contribution in [1.82, 2.24) is 9.80 Å². The van der Waals surface area contributed by atoms with Gasteiger partial charge in [0.15, 0.2) is 17.3 Å². The smallest absolute Gasteiger partial charge is 0.334 e. The molecule has 1 N–H and O–H groups in total.